The van der Waals surface area contributed by atoms with Crippen LogP contribution in [0.1, 0.15) is 11.4 Å². The molecule has 246 valence electrons. The molecule has 9 rings (SSSR count). The number of fused-ring (bicyclic) bond motifs is 2. The molecule has 2 aromatic heterocycles. The van der Waals surface area contributed by atoms with Gasteiger partial charge in [-0.25, -0.2) is 15.0 Å². The number of hydrogen-bond donors (Lipinski definition) is 0. The van der Waals surface area contributed by atoms with Gasteiger partial charge in [0.15, 0.2) is 17.5 Å². The Morgan fingerprint density at radius 2 is 0.731 bits per heavy atom. The predicted octanol–water partition coefficient (Wildman–Crippen LogP) is 12.2. The Hall–Kier alpha value is -6.78. The summed E-state index contributed by atoms with van der Waals surface area (Å²) < 4.78 is 0. The second-order valence-corrected chi connectivity index (χ2v) is 13.1. The minimum absolute atomic E-state index is 0.627. The molecule has 0 aliphatic rings. The number of pyridine rings is 1. The second kappa shape index (κ2) is 13.2. The van der Waals surface area contributed by atoms with Gasteiger partial charge in [0, 0.05) is 33.6 Å². The molecule has 7 aromatic carbocycles. The zero-order valence-corrected chi connectivity index (χ0v) is 29.0. The molecule has 0 saturated heterocycles. The molecule has 2 heterocycles. The van der Waals surface area contributed by atoms with Crippen molar-refractivity contribution in [3.05, 3.63) is 181 Å². The van der Waals surface area contributed by atoms with Gasteiger partial charge in [-0.2, -0.15) is 0 Å². The Kier molecular flexibility index (Phi) is 7.90. The van der Waals surface area contributed by atoms with Gasteiger partial charge >= 0.3 is 0 Å². The molecule has 0 radical (unpaired) electrons. The number of nitrogens with zero attached hydrogens (tertiary/aromatic N) is 4. The summed E-state index contributed by atoms with van der Waals surface area (Å²) in [6.07, 6.45) is 0. The molecule has 0 amide bonds. The lowest BCUT2D eigenvalue weighted by Crippen LogP contribution is -2.00. The summed E-state index contributed by atoms with van der Waals surface area (Å²) in [6, 6.07) is 59.5. The van der Waals surface area contributed by atoms with Crippen LogP contribution in [0.2, 0.25) is 0 Å². The summed E-state index contributed by atoms with van der Waals surface area (Å²) in [5.74, 6) is 1.89. The summed E-state index contributed by atoms with van der Waals surface area (Å²) in [5, 5.41) is 4.86. The topological polar surface area (TPSA) is 51.6 Å². The van der Waals surface area contributed by atoms with E-state index in [1.807, 2.05) is 37.3 Å². The molecule has 0 saturated carbocycles. The van der Waals surface area contributed by atoms with E-state index in [1.165, 1.54) is 38.2 Å². The van der Waals surface area contributed by atoms with Crippen molar-refractivity contribution in [1.82, 2.24) is 19.9 Å². The highest BCUT2D eigenvalue weighted by Crippen LogP contribution is 2.44. The number of hydrogen-bond acceptors (Lipinski definition) is 4. The molecule has 4 nitrogen and oxygen atoms in total. The molecule has 0 fully saturated rings. The highest BCUT2D eigenvalue weighted by molar-refractivity contribution is 6.21. The number of aryl methyl sites for hydroxylation is 2. The third kappa shape index (κ3) is 5.70. The van der Waals surface area contributed by atoms with Gasteiger partial charge in [-0.05, 0) is 75.3 Å². The van der Waals surface area contributed by atoms with Crippen molar-refractivity contribution in [3.63, 3.8) is 0 Å². The fourth-order valence-electron chi connectivity index (χ4n) is 7.31. The van der Waals surface area contributed by atoms with Crippen LogP contribution in [0.15, 0.2) is 170 Å². The molecular weight excluding hydrogens is 633 g/mol. The number of aromatic nitrogens is 4. The van der Waals surface area contributed by atoms with E-state index in [0.29, 0.717) is 17.5 Å². The quantitative estimate of drug-likeness (QED) is 0.166. The smallest absolute Gasteiger partial charge is 0.164 e. The van der Waals surface area contributed by atoms with Crippen LogP contribution < -0.4 is 0 Å². The first-order valence-corrected chi connectivity index (χ1v) is 17.6. The largest absolute Gasteiger partial charge is 0.258 e. The average molecular weight is 667 g/mol. The van der Waals surface area contributed by atoms with Crippen molar-refractivity contribution in [2.45, 2.75) is 13.8 Å². The van der Waals surface area contributed by atoms with Gasteiger partial charge < -0.3 is 0 Å². The summed E-state index contributed by atoms with van der Waals surface area (Å²) in [4.78, 5) is 19.8. The predicted molar refractivity (Wildman–Crippen MR) is 215 cm³/mol. The van der Waals surface area contributed by atoms with Crippen molar-refractivity contribution in [3.8, 4) is 67.5 Å². The van der Waals surface area contributed by atoms with Crippen molar-refractivity contribution in [2.75, 3.05) is 0 Å². The van der Waals surface area contributed by atoms with Crippen molar-refractivity contribution >= 4 is 21.5 Å². The van der Waals surface area contributed by atoms with Gasteiger partial charge in [0.25, 0.3) is 0 Å². The van der Waals surface area contributed by atoms with E-state index in [4.69, 9.17) is 15.0 Å². The zero-order chi connectivity index (χ0) is 35.0. The van der Waals surface area contributed by atoms with Crippen LogP contribution in [0.5, 0.6) is 0 Å². The normalized spacial score (nSPS) is 11.3. The highest BCUT2D eigenvalue weighted by atomic mass is 15.0. The van der Waals surface area contributed by atoms with E-state index >= 15 is 0 Å². The van der Waals surface area contributed by atoms with Crippen LogP contribution in [0.3, 0.4) is 0 Å². The molecule has 0 aliphatic heterocycles. The Bertz CT molecular complexity index is 2680. The molecule has 0 bridgehead atoms. The summed E-state index contributed by atoms with van der Waals surface area (Å²) in [5.41, 5.74) is 11.8. The van der Waals surface area contributed by atoms with Crippen LogP contribution in [0.25, 0.3) is 89.1 Å². The van der Waals surface area contributed by atoms with Gasteiger partial charge in [0.2, 0.25) is 0 Å². The van der Waals surface area contributed by atoms with Gasteiger partial charge in [-0.15, -0.1) is 0 Å². The van der Waals surface area contributed by atoms with E-state index in [-0.39, 0.29) is 0 Å². The van der Waals surface area contributed by atoms with E-state index in [9.17, 15) is 0 Å². The Morgan fingerprint density at radius 1 is 0.308 bits per heavy atom. The van der Waals surface area contributed by atoms with Gasteiger partial charge in [0.05, 0.1) is 0 Å². The fourth-order valence-corrected chi connectivity index (χ4v) is 7.31. The zero-order valence-electron chi connectivity index (χ0n) is 29.0. The summed E-state index contributed by atoms with van der Waals surface area (Å²) in [6.45, 7) is 4.07. The van der Waals surface area contributed by atoms with E-state index in [0.717, 1.165) is 44.8 Å². The first kappa shape index (κ1) is 31.2. The summed E-state index contributed by atoms with van der Waals surface area (Å²) >= 11 is 0. The minimum atomic E-state index is 0.627. The van der Waals surface area contributed by atoms with Gasteiger partial charge in [-0.3, -0.25) is 4.98 Å². The first-order chi connectivity index (χ1) is 25.6. The SMILES string of the molecule is Cc1ccc(-c2ccc(-c3nc(-c4ccccc4)nc(-c4cccc(-c5c6ccccc6c(-c6ccccc6)c6ccccc56)c4)n3)cc2)c(C)n1. The first-order valence-electron chi connectivity index (χ1n) is 17.6. The summed E-state index contributed by atoms with van der Waals surface area (Å²) in [7, 11) is 0. The molecule has 0 unspecified atom stereocenters. The van der Waals surface area contributed by atoms with Crippen molar-refractivity contribution in [2.24, 2.45) is 0 Å². The van der Waals surface area contributed by atoms with Gasteiger partial charge in [-0.1, -0.05) is 158 Å². The highest BCUT2D eigenvalue weighted by Gasteiger charge is 2.18. The lowest BCUT2D eigenvalue weighted by molar-refractivity contribution is 1.07. The third-order valence-corrected chi connectivity index (χ3v) is 9.75. The monoisotopic (exact) mass is 666 g/mol. The average Bonchev–Trinajstić information content (AvgIpc) is 3.20. The van der Waals surface area contributed by atoms with E-state index in [2.05, 4.69) is 151 Å². The van der Waals surface area contributed by atoms with Crippen LogP contribution in [0.4, 0.5) is 0 Å². The maximum Gasteiger partial charge on any atom is 0.164 e. The molecule has 52 heavy (non-hydrogen) atoms. The molecule has 4 heteroatoms. The maximum atomic E-state index is 5.11. The number of rotatable bonds is 6. The molecular formula is C48H34N4. The van der Waals surface area contributed by atoms with Crippen molar-refractivity contribution in [1.29, 1.82) is 0 Å². The third-order valence-electron chi connectivity index (χ3n) is 9.75. The van der Waals surface area contributed by atoms with Crippen LogP contribution in [-0.4, -0.2) is 19.9 Å². The van der Waals surface area contributed by atoms with Crippen LogP contribution in [-0.2, 0) is 0 Å². The second-order valence-electron chi connectivity index (χ2n) is 13.1. The maximum absolute atomic E-state index is 5.11. The van der Waals surface area contributed by atoms with Crippen LogP contribution in [0, 0.1) is 13.8 Å². The molecule has 0 spiro atoms. The molecule has 0 aliphatic carbocycles. The van der Waals surface area contributed by atoms with E-state index < -0.39 is 0 Å². The fraction of sp³-hybridized carbons (Fsp3) is 0.0417. The van der Waals surface area contributed by atoms with Gasteiger partial charge in [0.1, 0.15) is 0 Å². The molecule has 9 aromatic rings. The lowest BCUT2D eigenvalue weighted by atomic mass is 9.86. The standard InChI is InChI=1S/C48H34N4/c1-31-24-29-39(32(2)49-31)33-25-27-36(28-26-33)47-50-46(35-16-7-4-8-17-35)51-48(52-47)38-19-13-18-37(30-38)45-42-22-11-9-20-40(42)44(34-14-5-3-6-15-34)41-21-10-12-23-43(41)45/h3-30H,1-2H3. The Balaban J connectivity index is 1.20. The molecule has 0 atom stereocenters. The van der Waals surface area contributed by atoms with Crippen LogP contribution >= 0.6 is 0 Å². The van der Waals surface area contributed by atoms with E-state index in [1.54, 1.807) is 0 Å². The van der Waals surface area contributed by atoms with Crippen molar-refractivity contribution < 1.29 is 0 Å². The number of benzene rings is 7. The minimum Gasteiger partial charge on any atom is -0.258 e. The lowest BCUT2D eigenvalue weighted by Gasteiger charge is -2.18. The Labute approximate surface area is 303 Å². The molecule has 0 N–H and O–H groups in total. The Morgan fingerprint density at radius 3 is 1.29 bits per heavy atom.